The summed E-state index contributed by atoms with van der Waals surface area (Å²) in [6, 6.07) is 19.2. The highest BCUT2D eigenvalue weighted by atomic mass is 16.5. The van der Waals surface area contributed by atoms with Gasteiger partial charge in [0, 0.05) is 12.1 Å². The standard InChI is InChI=1S/C17H15NO2/c19-17-15(18-12-13-7-3-1-4-8-13)11-16(20-17)14-9-5-2-6-10-14/h1-11,15,18H,12H2. The van der Waals surface area contributed by atoms with Crippen molar-refractivity contribution in [2.24, 2.45) is 0 Å². The van der Waals surface area contributed by atoms with Crippen molar-refractivity contribution in [3.05, 3.63) is 77.9 Å². The van der Waals surface area contributed by atoms with E-state index in [9.17, 15) is 4.79 Å². The second kappa shape index (κ2) is 5.72. The maximum atomic E-state index is 11.8. The van der Waals surface area contributed by atoms with Gasteiger partial charge in [-0.15, -0.1) is 0 Å². The largest absolute Gasteiger partial charge is 0.425 e. The molecule has 0 radical (unpaired) electrons. The van der Waals surface area contributed by atoms with Crippen molar-refractivity contribution < 1.29 is 9.53 Å². The van der Waals surface area contributed by atoms with Crippen LogP contribution in [0.4, 0.5) is 0 Å². The molecule has 100 valence electrons. The van der Waals surface area contributed by atoms with E-state index in [1.165, 1.54) is 0 Å². The van der Waals surface area contributed by atoms with Gasteiger partial charge >= 0.3 is 5.97 Å². The molecule has 1 aliphatic rings. The van der Waals surface area contributed by atoms with Crippen LogP contribution < -0.4 is 5.32 Å². The maximum absolute atomic E-state index is 11.8. The molecular weight excluding hydrogens is 250 g/mol. The van der Waals surface area contributed by atoms with Crippen LogP contribution in [0.2, 0.25) is 0 Å². The van der Waals surface area contributed by atoms with Crippen molar-refractivity contribution in [3.8, 4) is 0 Å². The summed E-state index contributed by atoms with van der Waals surface area (Å²) in [4.78, 5) is 11.8. The molecule has 0 saturated carbocycles. The minimum atomic E-state index is -0.384. The van der Waals surface area contributed by atoms with E-state index >= 15 is 0 Å². The van der Waals surface area contributed by atoms with Crippen LogP contribution in [-0.2, 0) is 16.1 Å². The van der Waals surface area contributed by atoms with E-state index in [0.29, 0.717) is 12.3 Å². The van der Waals surface area contributed by atoms with Gasteiger partial charge in [-0.1, -0.05) is 60.7 Å². The second-order valence-electron chi connectivity index (χ2n) is 4.66. The number of carbonyl (C=O) groups excluding carboxylic acids is 1. The Morgan fingerprint density at radius 1 is 0.950 bits per heavy atom. The fourth-order valence-corrected chi connectivity index (χ4v) is 2.15. The second-order valence-corrected chi connectivity index (χ2v) is 4.66. The van der Waals surface area contributed by atoms with Crippen LogP contribution in [0.25, 0.3) is 5.76 Å². The number of cyclic esters (lactones) is 1. The van der Waals surface area contributed by atoms with Gasteiger partial charge in [0.2, 0.25) is 0 Å². The zero-order valence-corrected chi connectivity index (χ0v) is 11.0. The summed E-state index contributed by atoms with van der Waals surface area (Å²) in [6.45, 7) is 0.638. The van der Waals surface area contributed by atoms with Gasteiger partial charge in [-0.25, -0.2) is 4.79 Å². The molecule has 0 aliphatic carbocycles. The highest BCUT2D eigenvalue weighted by molar-refractivity contribution is 5.90. The summed E-state index contributed by atoms with van der Waals surface area (Å²) in [7, 11) is 0. The third-order valence-corrected chi connectivity index (χ3v) is 3.21. The number of esters is 1. The first-order chi connectivity index (χ1) is 9.83. The number of hydrogen-bond donors (Lipinski definition) is 1. The molecule has 1 aliphatic heterocycles. The van der Waals surface area contributed by atoms with Gasteiger partial charge in [-0.3, -0.25) is 5.32 Å². The third-order valence-electron chi connectivity index (χ3n) is 3.21. The average molecular weight is 265 g/mol. The Kier molecular flexibility index (Phi) is 3.61. The first-order valence-electron chi connectivity index (χ1n) is 6.59. The lowest BCUT2D eigenvalue weighted by atomic mass is 10.1. The van der Waals surface area contributed by atoms with Crippen LogP contribution >= 0.6 is 0 Å². The van der Waals surface area contributed by atoms with Crippen molar-refractivity contribution in [3.63, 3.8) is 0 Å². The van der Waals surface area contributed by atoms with Crippen molar-refractivity contribution in [2.45, 2.75) is 12.6 Å². The Labute approximate surface area is 117 Å². The van der Waals surface area contributed by atoms with Crippen LogP contribution in [0, 0.1) is 0 Å². The monoisotopic (exact) mass is 265 g/mol. The summed E-state index contributed by atoms with van der Waals surface area (Å²) < 4.78 is 5.31. The Morgan fingerprint density at radius 2 is 1.60 bits per heavy atom. The van der Waals surface area contributed by atoms with Crippen LogP contribution in [-0.4, -0.2) is 12.0 Å². The lowest BCUT2D eigenvalue weighted by molar-refractivity contribution is -0.136. The molecule has 0 bridgehead atoms. The molecule has 3 heteroatoms. The molecule has 1 unspecified atom stereocenters. The fourth-order valence-electron chi connectivity index (χ4n) is 2.15. The van der Waals surface area contributed by atoms with Crippen LogP contribution in [0.5, 0.6) is 0 Å². The molecule has 0 saturated heterocycles. The van der Waals surface area contributed by atoms with Gasteiger partial charge in [-0.05, 0) is 11.6 Å². The summed E-state index contributed by atoms with van der Waals surface area (Å²) >= 11 is 0. The molecule has 0 amide bonds. The molecule has 2 aromatic carbocycles. The van der Waals surface area contributed by atoms with Gasteiger partial charge in [0.25, 0.3) is 0 Å². The molecule has 3 nitrogen and oxygen atoms in total. The van der Waals surface area contributed by atoms with E-state index in [1.807, 2.05) is 66.7 Å². The van der Waals surface area contributed by atoms with Gasteiger partial charge in [0.1, 0.15) is 11.8 Å². The van der Waals surface area contributed by atoms with E-state index in [1.54, 1.807) is 0 Å². The molecule has 1 atom stereocenters. The number of nitrogens with one attached hydrogen (secondary N) is 1. The third kappa shape index (κ3) is 2.78. The lowest BCUT2D eigenvalue weighted by Gasteiger charge is -2.07. The Balaban J connectivity index is 1.68. The topological polar surface area (TPSA) is 38.3 Å². The SMILES string of the molecule is O=C1OC(c2ccccc2)=CC1NCc1ccccc1. The number of rotatable bonds is 4. The van der Waals surface area contributed by atoms with Crippen LogP contribution in [0.15, 0.2) is 66.7 Å². The first kappa shape index (κ1) is 12.6. The predicted molar refractivity (Wildman–Crippen MR) is 77.6 cm³/mol. The molecule has 2 aromatic rings. The molecule has 1 N–H and O–H groups in total. The molecule has 1 heterocycles. The minimum absolute atomic E-state index is 0.250. The predicted octanol–water partition coefficient (Wildman–Crippen LogP) is 2.74. The summed E-state index contributed by atoms with van der Waals surface area (Å²) in [5.74, 6) is 0.376. The number of hydrogen-bond acceptors (Lipinski definition) is 3. The van der Waals surface area contributed by atoms with E-state index < -0.39 is 0 Å². The van der Waals surface area contributed by atoms with Crippen LogP contribution in [0.1, 0.15) is 11.1 Å². The van der Waals surface area contributed by atoms with Gasteiger partial charge in [0.05, 0.1) is 0 Å². The molecular formula is C17H15NO2. The molecule has 20 heavy (non-hydrogen) atoms. The van der Waals surface area contributed by atoms with Crippen molar-refractivity contribution in [1.82, 2.24) is 5.32 Å². The molecule has 0 spiro atoms. The Morgan fingerprint density at radius 3 is 2.30 bits per heavy atom. The number of carbonyl (C=O) groups is 1. The lowest BCUT2D eigenvalue weighted by Crippen LogP contribution is -2.32. The summed E-state index contributed by atoms with van der Waals surface area (Å²) in [5.41, 5.74) is 2.06. The summed E-state index contributed by atoms with van der Waals surface area (Å²) in [6.07, 6.45) is 1.83. The Hall–Kier alpha value is -2.39. The average Bonchev–Trinajstić information content (AvgIpc) is 2.88. The maximum Gasteiger partial charge on any atom is 0.332 e. The van der Waals surface area contributed by atoms with E-state index in [2.05, 4.69) is 5.32 Å². The Bertz CT molecular complexity index is 620. The van der Waals surface area contributed by atoms with Crippen LogP contribution in [0.3, 0.4) is 0 Å². The van der Waals surface area contributed by atoms with Gasteiger partial charge < -0.3 is 4.74 Å². The molecule has 0 aromatic heterocycles. The normalized spacial score (nSPS) is 17.7. The summed E-state index contributed by atoms with van der Waals surface area (Å²) in [5, 5.41) is 3.20. The highest BCUT2D eigenvalue weighted by Crippen LogP contribution is 2.22. The molecule has 3 rings (SSSR count). The van der Waals surface area contributed by atoms with Crippen molar-refractivity contribution in [2.75, 3.05) is 0 Å². The fraction of sp³-hybridized carbons (Fsp3) is 0.118. The quantitative estimate of drug-likeness (QED) is 0.864. The van der Waals surface area contributed by atoms with E-state index in [-0.39, 0.29) is 12.0 Å². The zero-order chi connectivity index (χ0) is 13.8. The van der Waals surface area contributed by atoms with Gasteiger partial charge in [0.15, 0.2) is 0 Å². The first-order valence-corrected chi connectivity index (χ1v) is 6.59. The highest BCUT2D eigenvalue weighted by Gasteiger charge is 2.27. The smallest absolute Gasteiger partial charge is 0.332 e. The van der Waals surface area contributed by atoms with Crippen molar-refractivity contribution in [1.29, 1.82) is 0 Å². The van der Waals surface area contributed by atoms with E-state index in [0.717, 1.165) is 11.1 Å². The molecule has 0 fully saturated rings. The number of ether oxygens (including phenoxy) is 1. The van der Waals surface area contributed by atoms with Gasteiger partial charge in [-0.2, -0.15) is 0 Å². The minimum Gasteiger partial charge on any atom is -0.425 e. The number of benzene rings is 2. The zero-order valence-electron chi connectivity index (χ0n) is 11.0. The van der Waals surface area contributed by atoms with E-state index in [4.69, 9.17) is 4.74 Å². The van der Waals surface area contributed by atoms with Crippen molar-refractivity contribution >= 4 is 11.7 Å².